The van der Waals surface area contributed by atoms with Gasteiger partial charge in [-0.15, -0.1) is 0 Å². The minimum atomic E-state index is 0.332. The summed E-state index contributed by atoms with van der Waals surface area (Å²) in [7, 11) is 0. The summed E-state index contributed by atoms with van der Waals surface area (Å²) in [5, 5.41) is 0. The number of benzene rings is 2. The standard InChI is InChI=1S/C16H14Se/c1-2-15(13-14-9-5-3-6-10-14)17-16-11-7-4-8-12-16/h2-13H,1H2/b15-13+. The van der Waals surface area contributed by atoms with E-state index in [9.17, 15) is 0 Å². The van der Waals surface area contributed by atoms with Crippen molar-refractivity contribution in [2.24, 2.45) is 0 Å². The summed E-state index contributed by atoms with van der Waals surface area (Å²) in [6.45, 7) is 3.90. The van der Waals surface area contributed by atoms with Gasteiger partial charge in [0.2, 0.25) is 0 Å². The molecular weight excluding hydrogens is 271 g/mol. The molecule has 0 N–H and O–H groups in total. The van der Waals surface area contributed by atoms with Crippen molar-refractivity contribution in [1.29, 1.82) is 0 Å². The normalized spacial score (nSPS) is 11.2. The Hall–Kier alpha value is -1.56. The topological polar surface area (TPSA) is 0 Å². The second kappa shape index (κ2) is 6.24. The number of hydrogen-bond acceptors (Lipinski definition) is 0. The molecule has 0 aliphatic heterocycles. The zero-order valence-corrected chi connectivity index (χ0v) is 11.3. The molecule has 0 saturated heterocycles. The fraction of sp³-hybridized carbons (Fsp3) is 0. The van der Waals surface area contributed by atoms with Crippen molar-refractivity contribution in [2.45, 2.75) is 0 Å². The van der Waals surface area contributed by atoms with Gasteiger partial charge in [-0.3, -0.25) is 0 Å². The Morgan fingerprint density at radius 1 is 0.882 bits per heavy atom. The second-order valence-electron chi connectivity index (χ2n) is 3.58. The van der Waals surface area contributed by atoms with Crippen molar-refractivity contribution in [1.82, 2.24) is 0 Å². The molecular formula is C16H14Se. The maximum atomic E-state index is 3.90. The summed E-state index contributed by atoms with van der Waals surface area (Å²) >= 11 is 0.332. The van der Waals surface area contributed by atoms with E-state index in [4.69, 9.17) is 0 Å². The minimum absolute atomic E-state index is 0.332. The maximum absolute atomic E-state index is 3.90. The van der Waals surface area contributed by atoms with Crippen molar-refractivity contribution >= 4 is 25.5 Å². The second-order valence-corrected chi connectivity index (χ2v) is 5.98. The van der Waals surface area contributed by atoms with Gasteiger partial charge in [0.1, 0.15) is 0 Å². The van der Waals surface area contributed by atoms with Crippen LogP contribution in [0.2, 0.25) is 0 Å². The molecule has 0 spiro atoms. The first kappa shape index (κ1) is 11.9. The Morgan fingerprint density at radius 2 is 1.47 bits per heavy atom. The molecule has 0 unspecified atom stereocenters. The molecule has 0 bridgehead atoms. The van der Waals surface area contributed by atoms with E-state index in [-0.39, 0.29) is 0 Å². The molecule has 0 aliphatic rings. The molecule has 0 radical (unpaired) electrons. The fourth-order valence-electron chi connectivity index (χ4n) is 1.47. The van der Waals surface area contributed by atoms with E-state index in [1.54, 1.807) is 0 Å². The van der Waals surface area contributed by atoms with Gasteiger partial charge in [-0.25, -0.2) is 0 Å². The van der Waals surface area contributed by atoms with Crippen LogP contribution in [0.15, 0.2) is 77.8 Å². The van der Waals surface area contributed by atoms with Crippen LogP contribution >= 0.6 is 0 Å². The SMILES string of the molecule is C=C/C(=C\c1ccccc1)[Se]c1ccccc1. The first-order valence-corrected chi connectivity index (χ1v) is 7.22. The Kier molecular flexibility index (Phi) is 4.37. The van der Waals surface area contributed by atoms with Crippen molar-refractivity contribution in [3.63, 3.8) is 0 Å². The van der Waals surface area contributed by atoms with E-state index in [0.29, 0.717) is 15.0 Å². The van der Waals surface area contributed by atoms with Crippen LogP contribution in [0, 0.1) is 0 Å². The van der Waals surface area contributed by atoms with E-state index in [0.717, 1.165) is 0 Å². The van der Waals surface area contributed by atoms with Gasteiger partial charge >= 0.3 is 109 Å². The summed E-state index contributed by atoms with van der Waals surface area (Å²) in [6, 6.07) is 20.9. The van der Waals surface area contributed by atoms with E-state index in [2.05, 4.69) is 61.2 Å². The summed E-state index contributed by atoms with van der Waals surface area (Å²) < 4.78 is 2.68. The predicted molar refractivity (Wildman–Crippen MR) is 76.4 cm³/mol. The Labute approximate surface area is 109 Å². The van der Waals surface area contributed by atoms with Crippen molar-refractivity contribution in [3.05, 3.63) is 83.4 Å². The third-order valence-corrected chi connectivity index (χ3v) is 4.45. The Balaban J connectivity index is 2.18. The zero-order chi connectivity index (χ0) is 11.9. The van der Waals surface area contributed by atoms with Crippen LogP contribution < -0.4 is 4.46 Å². The molecule has 2 aromatic carbocycles. The van der Waals surface area contributed by atoms with Crippen LogP contribution in [0.1, 0.15) is 5.56 Å². The summed E-state index contributed by atoms with van der Waals surface area (Å²) in [5.41, 5.74) is 1.24. The molecule has 0 nitrogen and oxygen atoms in total. The molecule has 0 heterocycles. The third-order valence-electron chi connectivity index (χ3n) is 2.29. The van der Waals surface area contributed by atoms with Crippen LogP contribution in [0.3, 0.4) is 0 Å². The van der Waals surface area contributed by atoms with Gasteiger partial charge < -0.3 is 0 Å². The summed E-state index contributed by atoms with van der Waals surface area (Å²) in [6.07, 6.45) is 4.17. The first-order valence-electron chi connectivity index (χ1n) is 5.50. The molecule has 0 aromatic heterocycles. The van der Waals surface area contributed by atoms with Crippen LogP contribution in [0.25, 0.3) is 6.08 Å². The van der Waals surface area contributed by atoms with Crippen LogP contribution in [0.4, 0.5) is 0 Å². The van der Waals surface area contributed by atoms with Gasteiger partial charge in [-0.2, -0.15) is 0 Å². The Morgan fingerprint density at radius 3 is 2.06 bits per heavy atom. The van der Waals surface area contributed by atoms with E-state index in [1.165, 1.54) is 14.5 Å². The number of rotatable bonds is 4. The molecule has 2 aromatic rings. The first-order chi connectivity index (χ1) is 8.38. The summed E-state index contributed by atoms with van der Waals surface area (Å²) in [5.74, 6) is 0. The molecule has 84 valence electrons. The van der Waals surface area contributed by atoms with Gasteiger partial charge in [0.05, 0.1) is 0 Å². The van der Waals surface area contributed by atoms with Crippen LogP contribution in [-0.4, -0.2) is 15.0 Å². The molecule has 0 saturated carbocycles. The fourth-order valence-corrected chi connectivity index (χ4v) is 3.24. The van der Waals surface area contributed by atoms with Crippen LogP contribution in [0.5, 0.6) is 0 Å². The van der Waals surface area contributed by atoms with Gasteiger partial charge in [-0.05, 0) is 0 Å². The number of allylic oxidation sites excluding steroid dienone is 2. The Bertz CT molecular complexity index is 498. The average Bonchev–Trinajstić information content (AvgIpc) is 2.40. The molecule has 0 atom stereocenters. The zero-order valence-electron chi connectivity index (χ0n) is 9.54. The van der Waals surface area contributed by atoms with Gasteiger partial charge in [-0.1, -0.05) is 0 Å². The monoisotopic (exact) mass is 286 g/mol. The summed E-state index contributed by atoms with van der Waals surface area (Å²) in [4.78, 5) is 0. The molecule has 0 aliphatic carbocycles. The van der Waals surface area contributed by atoms with Crippen molar-refractivity contribution in [3.8, 4) is 0 Å². The average molecular weight is 285 g/mol. The molecule has 0 fully saturated rings. The molecule has 1 heteroatoms. The van der Waals surface area contributed by atoms with E-state index < -0.39 is 0 Å². The quantitative estimate of drug-likeness (QED) is 0.597. The predicted octanol–water partition coefficient (Wildman–Crippen LogP) is 3.24. The van der Waals surface area contributed by atoms with E-state index >= 15 is 0 Å². The van der Waals surface area contributed by atoms with Gasteiger partial charge in [0, 0.05) is 0 Å². The van der Waals surface area contributed by atoms with E-state index in [1.807, 2.05) is 18.2 Å². The number of hydrogen-bond donors (Lipinski definition) is 0. The van der Waals surface area contributed by atoms with Crippen LogP contribution in [-0.2, 0) is 0 Å². The third kappa shape index (κ3) is 3.74. The molecule has 2 rings (SSSR count). The molecule has 17 heavy (non-hydrogen) atoms. The van der Waals surface area contributed by atoms with Crippen molar-refractivity contribution in [2.75, 3.05) is 0 Å². The van der Waals surface area contributed by atoms with Gasteiger partial charge in [0.15, 0.2) is 0 Å². The van der Waals surface area contributed by atoms with Crippen molar-refractivity contribution < 1.29 is 0 Å². The van der Waals surface area contributed by atoms with Gasteiger partial charge in [0.25, 0.3) is 0 Å². The molecule has 0 amide bonds.